The summed E-state index contributed by atoms with van der Waals surface area (Å²) in [7, 11) is -2.50. The molecule has 0 bridgehead atoms. The molecule has 116 valence electrons. The second-order valence-electron chi connectivity index (χ2n) is 5.34. The minimum absolute atomic E-state index is 0.0574. The monoisotopic (exact) mass is 317 g/mol. The largest absolute Gasteiger partial charge is 0.273 e. The zero-order chi connectivity index (χ0) is 16.3. The van der Waals surface area contributed by atoms with Crippen LogP contribution in [0.4, 0.5) is 0 Å². The van der Waals surface area contributed by atoms with Crippen molar-refractivity contribution in [3.8, 4) is 0 Å². The van der Waals surface area contributed by atoms with Crippen LogP contribution in [-0.4, -0.2) is 25.7 Å². The van der Waals surface area contributed by atoms with Gasteiger partial charge in [-0.1, -0.05) is 47.5 Å². The van der Waals surface area contributed by atoms with Crippen LogP contribution in [-0.2, 0) is 21.2 Å². The standard InChI is InChI=1S/C17H19NO3S/c1-13-4-8-15(9-5-13)12-17(19)18(3)22(20,21)16-10-6-14(2)7-11-16/h4-11H,12H2,1-3H3. The number of sulfonamides is 1. The van der Waals surface area contributed by atoms with E-state index in [1.807, 2.05) is 38.1 Å². The number of amides is 1. The third kappa shape index (κ3) is 3.54. The Kier molecular flexibility index (Phi) is 4.66. The van der Waals surface area contributed by atoms with Crippen molar-refractivity contribution in [3.05, 3.63) is 65.2 Å². The molecule has 5 heteroatoms. The number of aryl methyl sites for hydroxylation is 2. The Balaban J connectivity index is 2.18. The van der Waals surface area contributed by atoms with Gasteiger partial charge in [-0.05, 0) is 31.5 Å². The Bertz CT molecular complexity index is 763. The Morgan fingerprint density at radius 2 is 1.36 bits per heavy atom. The van der Waals surface area contributed by atoms with Gasteiger partial charge in [0.25, 0.3) is 10.0 Å². The number of rotatable bonds is 4. The summed E-state index contributed by atoms with van der Waals surface area (Å²) in [6.45, 7) is 3.84. The highest BCUT2D eigenvalue weighted by atomic mass is 32.2. The van der Waals surface area contributed by atoms with Crippen LogP contribution in [0.1, 0.15) is 16.7 Å². The highest BCUT2D eigenvalue weighted by Gasteiger charge is 2.25. The first-order chi connectivity index (χ1) is 10.3. The molecule has 22 heavy (non-hydrogen) atoms. The SMILES string of the molecule is Cc1ccc(CC(=O)N(C)S(=O)(=O)c2ccc(C)cc2)cc1. The van der Waals surface area contributed by atoms with E-state index in [0.717, 1.165) is 21.0 Å². The number of benzene rings is 2. The minimum atomic E-state index is -3.80. The van der Waals surface area contributed by atoms with Gasteiger partial charge in [0.2, 0.25) is 5.91 Å². The van der Waals surface area contributed by atoms with Crippen LogP contribution in [0, 0.1) is 13.8 Å². The van der Waals surface area contributed by atoms with Crippen molar-refractivity contribution in [2.24, 2.45) is 0 Å². The van der Waals surface area contributed by atoms with Crippen LogP contribution in [0.25, 0.3) is 0 Å². The van der Waals surface area contributed by atoms with Crippen LogP contribution in [0.5, 0.6) is 0 Å². The predicted octanol–water partition coefficient (Wildman–Crippen LogP) is 2.69. The summed E-state index contributed by atoms with van der Waals surface area (Å²) >= 11 is 0. The lowest BCUT2D eigenvalue weighted by Crippen LogP contribution is -2.34. The van der Waals surface area contributed by atoms with Gasteiger partial charge in [0.15, 0.2) is 0 Å². The van der Waals surface area contributed by atoms with Crippen LogP contribution in [0.2, 0.25) is 0 Å². The van der Waals surface area contributed by atoms with Gasteiger partial charge in [-0.15, -0.1) is 0 Å². The van der Waals surface area contributed by atoms with Crippen molar-refractivity contribution in [3.63, 3.8) is 0 Å². The molecule has 0 spiro atoms. The summed E-state index contributed by atoms with van der Waals surface area (Å²) in [6.07, 6.45) is 0.0574. The summed E-state index contributed by atoms with van der Waals surface area (Å²) < 4.78 is 25.7. The van der Waals surface area contributed by atoms with Crippen LogP contribution in [0.3, 0.4) is 0 Å². The first kappa shape index (κ1) is 16.2. The van der Waals surface area contributed by atoms with Crippen molar-refractivity contribution in [2.45, 2.75) is 25.2 Å². The van der Waals surface area contributed by atoms with Crippen LogP contribution < -0.4 is 0 Å². The van der Waals surface area contributed by atoms with E-state index in [1.54, 1.807) is 12.1 Å². The molecular weight excluding hydrogens is 298 g/mol. The Hall–Kier alpha value is -2.14. The zero-order valence-electron chi connectivity index (χ0n) is 12.9. The average molecular weight is 317 g/mol. The number of hydrogen-bond donors (Lipinski definition) is 0. The predicted molar refractivity (Wildman–Crippen MR) is 86.0 cm³/mol. The molecule has 0 atom stereocenters. The van der Waals surface area contributed by atoms with Crippen LogP contribution in [0.15, 0.2) is 53.4 Å². The number of nitrogens with zero attached hydrogens (tertiary/aromatic N) is 1. The second kappa shape index (κ2) is 6.32. The number of likely N-dealkylation sites (N-methyl/N-ethyl adjacent to an activating group) is 1. The molecule has 0 heterocycles. The van der Waals surface area contributed by atoms with Crippen molar-refractivity contribution in [2.75, 3.05) is 7.05 Å². The molecule has 0 unspecified atom stereocenters. The molecule has 0 radical (unpaired) electrons. The van der Waals surface area contributed by atoms with Gasteiger partial charge in [-0.25, -0.2) is 12.7 Å². The zero-order valence-corrected chi connectivity index (χ0v) is 13.7. The van der Waals surface area contributed by atoms with Gasteiger partial charge in [0.1, 0.15) is 0 Å². The van der Waals surface area contributed by atoms with E-state index < -0.39 is 15.9 Å². The summed E-state index contributed by atoms with van der Waals surface area (Å²) in [5, 5.41) is 0. The molecule has 0 aliphatic heterocycles. The molecule has 2 aromatic rings. The molecule has 4 nitrogen and oxygen atoms in total. The number of carbonyl (C=O) groups is 1. The first-order valence-corrected chi connectivity index (χ1v) is 8.38. The van der Waals surface area contributed by atoms with Gasteiger partial charge in [0.05, 0.1) is 11.3 Å². The molecule has 0 aromatic heterocycles. The second-order valence-corrected chi connectivity index (χ2v) is 7.31. The van der Waals surface area contributed by atoms with Crippen molar-refractivity contribution in [1.82, 2.24) is 4.31 Å². The van der Waals surface area contributed by atoms with E-state index >= 15 is 0 Å². The molecule has 0 fully saturated rings. The van der Waals surface area contributed by atoms with E-state index in [0.29, 0.717) is 0 Å². The molecule has 0 saturated carbocycles. The molecule has 0 aliphatic rings. The van der Waals surface area contributed by atoms with Crippen molar-refractivity contribution in [1.29, 1.82) is 0 Å². The topological polar surface area (TPSA) is 54.5 Å². The lowest BCUT2D eigenvalue weighted by molar-refractivity contribution is -0.124. The van der Waals surface area contributed by atoms with Crippen molar-refractivity contribution >= 4 is 15.9 Å². The van der Waals surface area contributed by atoms with Crippen LogP contribution >= 0.6 is 0 Å². The summed E-state index contributed by atoms with van der Waals surface area (Å²) in [6, 6.07) is 13.9. The molecule has 2 rings (SSSR count). The summed E-state index contributed by atoms with van der Waals surface area (Å²) in [5.74, 6) is -0.454. The van der Waals surface area contributed by atoms with Gasteiger partial charge in [0, 0.05) is 7.05 Å². The molecule has 2 aromatic carbocycles. The fourth-order valence-electron chi connectivity index (χ4n) is 1.99. The highest BCUT2D eigenvalue weighted by molar-refractivity contribution is 7.89. The van der Waals surface area contributed by atoms with Gasteiger partial charge in [-0.3, -0.25) is 4.79 Å². The van der Waals surface area contributed by atoms with E-state index in [1.165, 1.54) is 19.2 Å². The summed E-state index contributed by atoms with van der Waals surface area (Å²) in [5.41, 5.74) is 2.85. The fourth-order valence-corrected chi connectivity index (χ4v) is 3.12. The highest BCUT2D eigenvalue weighted by Crippen LogP contribution is 2.16. The molecule has 0 N–H and O–H groups in total. The van der Waals surface area contributed by atoms with E-state index in [4.69, 9.17) is 0 Å². The maximum atomic E-state index is 12.4. The average Bonchev–Trinajstić information content (AvgIpc) is 2.49. The Labute approximate surface area is 131 Å². The summed E-state index contributed by atoms with van der Waals surface area (Å²) in [4.78, 5) is 12.4. The molecule has 0 saturated heterocycles. The third-order valence-corrected chi connectivity index (χ3v) is 5.30. The third-order valence-electron chi connectivity index (χ3n) is 3.51. The fraction of sp³-hybridized carbons (Fsp3) is 0.235. The first-order valence-electron chi connectivity index (χ1n) is 6.94. The number of hydrogen-bond acceptors (Lipinski definition) is 3. The maximum absolute atomic E-state index is 12.4. The van der Waals surface area contributed by atoms with E-state index in [-0.39, 0.29) is 11.3 Å². The number of carbonyl (C=O) groups excluding carboxylic acids is 1. The minimum Gasteiger partial charge on any atom is -0.273 e. The smallest absolute Gasteiger partial charge is 0.266 e. The lowest BCUT2D eigenvalue weighted by Gasteiger charge is -2.17. The van der Waals surface area contributed by atoms with E-state index in [2.05, 4.69) is 0 Å². The van der Waals surface area contributed by atoms with E-state index in [9.17, 15) is 13.2 Å². The van der Waals surface area contributed by atoms with Crippen molar-refractivity contribution < 1.29 is 13.2 Å². The molecule has 0 aliphatic carbocycles. The lowest BCUT2D eigenvalue weighted by atomic mass is 10.1. The maximum Gasteiger partial charge on any atom is 0.266 e. The normalized spacial score (nSPS) is 11.2. The molecular formula is C17H19NO3S. The quantitative estimate of drug-likeness (QED) is 0.871. The Morgan fingerprint density at radius 1 is 0.909 bits per heavy atom. The van der Waals surface area contributed by atoms with Gasteiger partial charge in [-0.2, -0.15) is 0 Å². The Morgan fingerprint density at radius 3 is 1.86 bits per heavy atom. The molecule has 1 amide bonds. The van der Waals surface area contributed by atoms with Gasteiger partial charge < -0.3 is 0 Å². The van der Waals surface area contributed by atoms with Gasteiger partial charge >= 0.3 is 0 Å².